The molecule has 0 unspecified atom stereocenters. The largest absolute Gasteiger partial charge is 0.493 e. The van der Waals surface area contributed by atoms with Gasteiger partial charge in [0, 0.05) is 5.56 Å². The summed E-state index contributed by atoms with van der Waals surface area (Å²) in [5, 5.41) is 0. The third-order valence-corrected chi connectivity index (χ3v) is 3.81. The van der Waals surface area contributed by atoms with Crippen LogP contribution in [0.15, 0.2) is 70.9 Å². The quantitative estimate of drug-likeness (QED) is 0.605. The number of methoxy groups -OCH3 is 2. The van der Waals surface area contributed by atoms with Gasteiger partial charge in [-0.1, -0.05) is 36.4 Å². The van der Waals surface area contributed by atoms with Crippen LogP contribution in [0.4, 0.5) is 0 Å². The highest BCUT2D eigenvalue weighted by Crippen LogP contribution is 2.29. The second-order valence-electron chi connectivity index (χ2n) is 5.70. The maximum absolute atomic E-state index is 12.1. The molecule has 26 heavy (non-hydrogen) atoms. The lowest BCUT2D eigenvalue weighted by atomic mass is 10.1. The van der Waals surface area contributed by atoms with Gasteiger partial charge in [-0.05, 0) is 42.3 Å². The van der Waals surface area contributed by atoms with E-state index in [1.165, 1.54) is 0 Å². The number of nitrogens with zero attached hydrogens (tertiary/aromatic N) is 1. The number of esters is 1. The van der Waals surface area contributed by atoms with E-state index >= 15 is 0 Å². The van der Waals surface area contributed by atoms with Crippen LogP contribution in [0.5, 0.6) is 11.5 Å². The number of benzene rings is 2. The maximum Gasteiger partial charge on any atom is 0.363 e. The molecule has 5 heteroatoms. The molecule has 0 spiro atoms. The van der Waals surface area contributed by atoms with Crippen molar-refractivity contribution in [1.82, 2.24) is 0 Å². The zero-order chi connectivity index (χ0) is 18.5. The van der Waals surface area contributed by atoms with Gasteiger partial charge in [0.25, 0.3) is 0 Å². The first kappa shape index (κ1) is 17.5. The van der Waals surface area contributed by atoms with E-state index in [0.717, 1.165) is 11.1 Å². The molecule has 0 radical (unpaired) electrons. The molecule has 1 aliphatic rings. The zero-order valence-electron chi connectivity index (χ0n) is 14.9. The maximum atomic E-state index is 12.1. The fourth-order valence-electron chi connectivity index (χ4n) is 2.57. The highest BCUT2D eigenvalue weighted by Gasteiger charge is 2.24. The van der Waals surface area contributed by atoms with E-state index in [4.69, 9.17) is 14.2 Å². The number of hydrogen-bond acceptors (Lipinski definition) is 5. The van der Waals surface area contributed by atoms with Crippen LogP contribution in [0, 0.1) is 0 Å². The highest BCUT2D eigenvalue weighted by atomic mass is 16.6. The molecule has 0 aromatic heterocycles. The van der Waals surface area contributed by atoms with E-state index in [1.54, 1.807) is 38.5 Å². The van der Waals surface area contributed by atoms with Gasteiger partial charge in [0.05, 0.1) is 14.2 Å². The van der Waals surface area contributed by atoms with Crippen LogP contribution < -0.4 is 9.47 Å². The van der Waals surface area contributed by atoms with Crippen LogP contribution >= 0.6 is 0 Å². The molecule has 1 aliphatic heterocycles. The molecule has 0 atom stereocenters. The Morgan fingerprint density at radius 2 is 1.77 bits per heavy atom. The van der Waals surface area contributed by atoms with Gasteiger partial charge in [-0.2, -0.15) is 0 Å². The first-order valence-corrected chi connectivity index (χ1v) is 8.09. The molecular formula is C21H19NO4. The Morgan fingerprint density at radius 3 is 2.46 bits per heavy atom. The normalized spacial score (nSPS) is 15.7. The van der Waals surface area contributed by atoms with Crippen molar-refractivity contribution in [2.45, 2.75) is 6.92 Å². The molecule has 132 valence electrons. The van der Waals surface area contributed by atoms with Crippen molar-refractivity contribution in [2.75, 3.05) is 14.2 Å². The van der Waals surface area contributed by atoms with E-state index in [2.05, 4.69) is 4.99 Å². The van der Waals surface area contributed by atoms with E-state index in [0.29, 0.717) is 17.1 Å². The first-order chi connectivity index (χ1) is 12.6. The minimum atomic E-state index is -0.476. The van der Waals surface area contributed by atoms with Crippen molar-refractivity contribution >= 4 is 17.9 Å². The second-order valence-corrected chi connectivity index (χ2v) is 5.70. The zero-order valence-corrected chi connectivity index (χ0v) is 14.9. The summed E-state index contributed by atoms with van der Waals surface area (Å²) in [5.41, 5.74) is 2.86. The highest BCUT2D eigenvalue weighted by molar-refractivity contribution is 6.11. The van der Waals surface area contributed by atoms with Crippen LogP contribution in [0.2, 0.25) is 0 Å². The number of carbonyl (C=O) groups is 1. The predicted molar refractivity (Wildman–Crippen MR) is 100 cm³/mol. The third kappa shape index (κ3) is 3.83. The SMILES string of the molecule is COc1ccc(C2=N/C(=C\C(C)=C\c3ccccc3)C(=O)O2)cc1OC. The number of carbonyl (C=O) groups excluding carboxylic acids is 1. The fraction of sp³-hybridized carbons (Fsp3) is 0.143. The third-order valence-electron chi connectivity index (χ3n) is 3.81. The summed E-state index contributed by atoms with van der Waals surface area (Å²) in [6.07, 6.45) is 3.69. The Bertz CT molecular complexity index is 911. The lowest BCUT2D eigenvalue weighted by Crippen LogP contribution is -2.06. The van der Waals surface area contributed by atoms with Gasteiger partial charge < -0.3 is 14.2 Å². The van der Waals surface area contributed by atoms with Gasteiger partial charge in [-0.15, -0.1) is 0 Å². The van der Waals surface area contributed by atoms with Crippen LogP contribution in [0.25, 0.3) is 6.08 Å². The Morgan fingerprint density at radius 1 is 1.04 bits per heavy atom. The Hall–Kier alpha value is -3.34. The Labute approximate surface area is 152 Å². The molecule has 2 aromatic rings. The van der Waals surface area contributed by atoms with Crippen LogP contribution in [0.1, 0.15) is 18.1 Å². The number of aliphatic imine (C=N–C) groups is 1. The molecule has 0 amide bonds. The number of cyclic esters (lactones) is 1. The van der Waals surface area contributed by atoms with E-state index in [-0.39, 0.29) is 11.6 Å². The number of rotatable bonds is 5. The van der Waals surface area contributed by atoms with Crippen LogP contribution in [0.3, 0.4) is 0 Å². The molecule has 3 rings (SSSR count). The number of ether oxygens (including phenoxy) is 3. The van der Waals surface area contributed by atoms with Gasteiger partial charge in [0.2, 0.25) is 5.90 Å². The standard InChI is InChI=1S/C21H19NO4/c1-14(11-15-7-5-4-6-8-15)12-17-21(23)26-20(22-17)16-9-10-18(24-2)19(13-16)25-3/h4-13H,1-3H3/b14-11+,17-12-. The average molecular weight is 349 g/mol. The van der Waals surface area contributed by atoms with Crippen molar-refractivity contribution in [3.05, 3.63) is 77.0 Å². The molecular weight excluding hydrogens is 330 g/mol. The topological polar surface area (TPSA) is 57.1 Å². The van der Waals surface area contributed by atoms with Gasteiger partial charge in [0.15, 0.2) is 17.2 Å². The van der Waals surface area contributed by atoms with Crippen LogP contribution in [-0.4, -0.2) is 26.1 Å². The van der Waals surface area contributed by atoms with Crippen molar-refractivity contribution in [3.8, 4) is 11.5 Å². The molecule has 0 aliphatic carbocycles. The molecule has 5 nitrogen and oxygen atoms in total. The van der Waals surface area contributed by atoms with E-state index in [1.807, 2.05) is 43.3 Å². The molecule has 1 heterocycles. The summed E-state index contributed by atoms with van der Waals surface area (Å²) in [7, 11) is 3.11. The average Bonchev–Trinajstić information content (AvgIpc) is 3.02. The summed E-state index contributed by atoms with van der Waals surface area (Å²) >= 11 is 0. The predicted octanol–water partition coefficient (Wildman–Crippen LogP) is 3.99. The smallest absolute Gasteiger partial charge is 0.363 e. The lowest BCUT2D eigenvalue weighted by Gasteiger charge is -2.08. The molecule has 0 saturated heterocycles. The summed E-state index contributed by atoms with van der Waals surface area (Å²) in [5.74, 6) is 0.908. The van der Waals surface area contributed by atoms with E-state index < -0.39 is 5.97 Å². The van der Waals surface area contributed by atoms with Crippen molar-refractivity contribution in [3.63, 3.8) is 0 Å². The minimum Gasteiger partial charge on any atom is -0.493 e. The molecule has 0 fully saturated rings. The van der Waals surface area contributed by atoms with Crippen molar-refractivity contribution in [2.24, 2.45) is 4.99 Å². The first-order valence-electron chi connectivity index (χ1n) is 8.09. The minimum absolute atomic E-state index is 0.245. The molecule has 0 saturated carbocycles. The fourth-order valence-corrected chi connectivity index (χ4v) is 2.57. The number of hydrogen-bond donors (Lipinski definition) is 0. The van der Waals surface area contributed by atoms with Crippen molar-refractivity contribution in [1.29, 1.82) is 0 Å². The summed E-state index contributed by atoms with van der Waals surface area (Å²) in [6, 6.07) is 15.1. The molecule has 2 aromatic carbocycles. The number of allylic oxidation sites excluding steroid dienone is 2. The van der Waals surface area contributed by atoms with Gasteiger partial charge in [0.1, 0.15) is 0 Å². The summed E-state index contributed by atoms with van der Waals surface area (Å²) in [6.45, 7) is 1.91. The van der Waals surface area contributed by atoms with Crippen LogP contribution in [-0.2, 0) is 9.53 Å². The van der Waals surface area contributed by atoms with Gasteiger partial charge in [-0.25, -0.2) is 9.79 Å². The van der Waals surface area contributed by atoms with Gasteiger partial charge >= 0.3 is 5.97 Å². The molecule has 0 bridgehead atoms. The van der Waals surface area contributed by atoms with Crippen molar-refractivity contribution < 1.29 is 19.0 Å². The van der Waals surface area contributed by atoms with Gasteiger partial charge in [-0.3, -0.25) is 0 Å². The second kappa shape index (κ2) is 7.70. The summed E-state index contributed by atoms with van der Waals surface area (Å²) < 4.78 is 15.8. The Balaban J connectivity index is 1.88. The monoisotopic (exact) mass is 349 g/mol. The summed E-state index contributed by atoms with van der Waals surface area (Å²) in [4.78, 5) is 16.5. The lowest BCUT2D eigenvalue weighted by molar-refractivity contribution is -0.130. The van der Waals surface area contributed by atoms with E-state index in [9.17, 15) is 4.79 Å². The Kier molecular flexibility index (Phi) is 5.17. The molecule has 0 N–H and O–H groups in total.